The topological polar surface area (TPSA) is 41.4 Å². The van der Waals surface area contributed by atoms with Gasteiger partial charge in [0.25, 0.3) is 5.56 Å². The molecule has 2 aromatic heterocycles. The van der Waals surface area contributed by atoms with Gasteiger partial charge in [-0.2, -0.15) is 0 Å². The van der Waals surface area contributed by atoms with Crippen molar-refractivity contribution in [2.24, 2.45) is 17.8 Å². The van der Waals surface area contributed by atoms with Crippen LogP contribution in [-0.2, 0) is 13.1 Å². The molecule has 5 nitrogen and oxygen atoms in total. The molecule has 31 heavy (non-hydrogen) atoms. The Hall–Kier alpha value is -2.21. The first-order chi connectivity index (χ1) is 15.1. The van der Waals surface area contributed by atoms with Gasteiger partial charge in [-0.25, -0.2) is 9.37 Å². The molecule has 1 aliphatic carbocycles. The van der Waals surface area contributed by atoms with Gasteiger partial charge in [0.05, 0.1) is 0 Å². The van der Waals surface area contributed by atoms with E-state index in [1.165, 1.54) is 19.3 Å². The Kier molecular flexibility index (Phi) is 4.67. The van der Waals surface area contributed by atoms with Gasteiger partial charge in [0.2, 0.25) is 0 Å². The van der Waals surface area contributed by atoms with Gasteiger partial charge >= 0.3 is 0 Å². The summed E-state index contributed by atoms with van der Waals surface area (Å²) < 4.78 is 16.7. The molecule has 0 aromatic carbocycles. The first-order valence-electron chi connectivity index (χ1n) is 11.9. The molecule has 1 saturated carbocycles. The lowest BCUT2D eigenvalue weighted by Crippen LogP contribution is -2.48. The van der Waals surface area contributed by atoms with Crippen molar-refractivity contribution in [1.82, 2.24) is 14.5 Å². The highest BCUT2D eigenvalue weighted by molar-refractivity contribution is 5.44. The molecule has 6 heteroatoms. The molecule has 4 atom stereocenters. The van der Waals surface area contributed by atoms with Crippen molar-refractivity contribution in [1.29, 1.82) is 0 Å². The van der Waals surface area contributed by atoms with Crippen LogP contribution in [-0.4, -0.2) is 40.6 Å². The van der Waals surface area contributed by atoms with Gasteiger partial charge in [0.15, 0.2) is 11.6 Å². The van der Waals surface area contributed by atoms with Crippen LogP contribution in [0.1, 0.15) is 48.4 Å². The summed E-state index contributed by atoms with van der Waals surface area (Å²) in [5, 5.41) is 0. The first-order valence-corrected chi connectivity index (χ1v) is 11.9. The molecule has 0 N–H and O–H groups in total. The van der Waals surface area contributed by atoms with E-state index in [0.717, 1.165) is 68.8 Å². The normalized spacial score (nSPS) is 29.8. The predicted molar refractivity (Wildman–Crippen MR) is 119 cm³/mol. The largest absolute Gasteiger partial charge is 0.353 e. The lowest BCUT2D eigenvalue weighted by atomic mass is 9.83. The molecule has 4 aliphatic rings. The monoisotopic (exact) mass is 422 g/mol. The average molecular weight is 423 g/mol. The van der Waals surface area contributed by atoms with E-state index in [-0.39, 0.29) is 17.3 Å². The van der Waals surface area contributed by atoms with Gasteiger partial charge in [-0.15, -0.1) is 0 Å². The van der Waals surface area contributed by atoms with Crippen molar-refractivity contribution in [3.8, 4) is 0 Å². The summed E-state index contributed by atoms with van der Waals surface area (Å²) in [5.41, 5.74) is 2.87. The van der Waals surface area contributed by atoms with Gasteiger partial charge < -0.3 is 9.47 Å². The van der Waals surface area contributed by atoms with Crippen LogP contribution < -0.4 is 10.5 Å². The Morgan fingerprint density at radius 2 is 1.87 bits per heavy atom. The standard InChI is InChI=1S/C25H31FN4O/c1-16-7-8-27-24(23(16)26)29-10-17-9-21(15-29)22-6-5-20(25(31)30(22)11-17)14-28-12-18-3-2-4-19(18)13-28/h5-8,17-19,21H,2-4,9-15H2,1H3/t17-,18-,19+,21+/m0/s1. The van der Waals surface area contributed by atoms with Gasteiger partial charge in [0.1, 0.15) is 0 Å². The van der Waals surface area contributed by atoms with Crippen LogP contribution in [0.4, 0.5) is 10.2 Å². The minimum Gasteiger partial charge on any atom is -0.353 e. The number of fused-ring (bicyclic) bond motifs is 5. The molecule has 0 unspecified atom stereocenters. The molecule has 2 saturated heterocycles. The van der Waals surface area contributed by atoms with E-state index in [9.17, 15) is 9.18 Å². The third-order valence-corrected chi connectivity index (χ3v) is 8.24. The van der Waals surface area contributed by atoms with Gasteiger partial charge in [-0.1, -0.05) is 12.5 Å². The summed E-state index contributed by atoms with van der Waals surface area (Å²) in [5.74, 6) is 2.55. The summed E-state index contributed by atoms with van der Waals surface area (Å²) in [6.45, 7) is 7.09. The molecule has 2 bridgehead atoms. The molecule has 2 aromatic rings. The molecule has 3 fully saturated rings. The number of likely N-dealkylation sites (tertiary alicyclic amines) is 1. The summed E-state index contributed by atoms with van der Waals surface area (Å²) in [4.78, 5) is 22.3. The van der Waals surface area contributed by atoms with Crippen molar-refractivity contribution in [3.05, 3.63) is 57.4 Å². The number of aromatic nitrogens is 2. The Morgan fingerprint density at radius 3 is 2.68 bits per heavy atom. The molecule has 3 aliphatic heterocycles. The fourth-order valence-electron chi connectivity index (χ4n) is 6.73. The van der Waals surface area contributed by atoms with Crippen molar-refractivity contribution in [3.63, 3.8) is 0 Å². The summed E-state index contributed by atoms with van der Waals surface area (Å²) in [7, 11) is 0. The van der Waals surface area contributed by atoms with Gasteiger partial charge in [-0.05, 0) is 61.6 Å². The summed E-state index contributed by atoms with van der Waals surface area (Å²) in [6, 6.07) is 5.94. The highest BCUT2D eigenvalue weighted by Gasteiger charge is 2.38. The lowest BCUT2D eigenvalue weighted by Gasteiger charge is -2.43. The van der Waals surface area contributed by atoms with Crippen LogP contribution in [0.2, 0.25) is 0 Å². The number of piperidine rings is 1. The van der Waals surface area contributed by atoms with Crippen molar-refractivity contribution in [2.75, 3.05) is 31.1 Å². The smallest absolute Gasteiger partial charge is 0.255 e. The number of aryl methyl sites for hydroxylation is 1. The minimum absolute atomic E-state index is 0.192. The zero-order valence-corrected chi connectivity index (χ0v) is 18.3. The second-order valence-corrected chi connectivity index (χ2v) is 10.3. The second-order valence-electron chi connectivity index (χ2n) is 10.3. The molecule has 0 radical (unpaired) electrons. The van der Waals surface area contributed by atoms with E-state index in [0.29, 0.717) is 17.3 Å². The fourth-order valence-corrected chi connectivity index (χ4v) is 6.73. The van der Waals surface area contributed by atoms with Crippen LogP contribution in [0.15, 0.2) is 29.2 Å². The number of halogens is 1. The van der Waals surface area contributed by atoms with Crippen molar-refractivity contribution in [2.45, 2.75) is 51.6 Å². The van der Waals surface area contributed by atoms with Crippen LogP contribution >= 0.6 is 0 Å². The van der Waals surface area contributed by atoms with Gasteiger partial charge in [-0.3, -0.25) is 9.69 Å². The van der Waals surface area contributed by atoms with Crippen LogP contribution in [0, 0.1) is 30.5 Å². The molecule has 164 valence electrons. The fraction of sp³-hybridized carbons (Fsp3) is 0.600. The third kappa shape index (κ3) is 3.30. The zero-order chi connectivity index (χ0) is 21.1. The van der Waals surface area contributed by atoms with E-state index in [2.05, 4.69) is 26.9 Å². The second kappa shape index (κ2) is 7.44. The number of hydrogen-bond acceptors (Lipinski definition) is 4. The lowest BCUT2D eigenvalue weighted by molar-refractivity contribution is 0.273. The van der Waals surface area contributed by atoms with Crippen LogP contribution in [0.5, 0.6) is 0 Å². The quantitative estimate of drug-likeness (QED) is 0.759. The molecular weight excluding hydrogens is 391 g/mol. The molecular formula is C25H31FN4O. The predicted octanol–water partition coefficient (Wildman–Crippen LogP) is 3.55. The van der Waals surface area contributed by atoms with E-state index < -0.39 is 0 Å². The maximum Gasteiger partial charge on any atom is 0.255 e. The van der Waals surface area contributed by atoms with E-state index in [4.69, 9.17) is 0 Å². The van der Waals surface area contributed by atoms with Crippen LogP contribution in [0.3, 0.4) is 0 Å². The van der Waals surface area contributed by atoms with Crippen molar-refractivity contribution < 1.29 is 4.39 Å². The summed E-state index contributed by atoms with van der Waals surface area (Å²) >= 11 is 0. The van der Waals surface area contributed by atoms with E-state index in [1.807, 2.05) is 4.57 Å². The highest BCUT2D eigenvalue weighted by Crippen LogP contribution is 2.39. The highest BCUT2D eigenvalue weighted by atomic mass is 19.1. The number of hydrogen-bond donors (Lipinski definition) is 0. The number of rotatable bonds is 3. The Balaban J connectivity index is 1.24. The third-order valence-electron chi connectivity index (χ3n) is 8.24. The Bertz CT molecular complexity index is 1050. The average Bonchev–Trinajstić information content (AvgIpc) is 3.34. The summed E-state index contributed by atoms with van der Waals surface area (Å²) in [6.07, 6.45) is 6.86. The molecule has 6 rings (SSSR count). The maximum atomic E-state index is 14.7. The van der Waals surface area contributed by atoms with Gasteiger partial charge in [0, 0.05) is 62.6 Å². The number of pyridine rings is 2. The maximum absolute atomic E-state index is 14.7. The first kappa shape index (κ1) is 19.5. The number of nitrogens with zero attached hydrogens (tertiary/aromatic N) is 4. The molecule has 5 heterocycles. The SMILES string of the molecule is Cc1ccnc(N2C[C@@H]3C[C@H](C2)c2ccc(CN4C[C@H]5CCC[C@H]5C4)c(=O)n2C3)c1F. The Labute approximate surface area is 182 Å². The zero-order valence-electron chi connectivity index (χ0n) is 18.3. The molecule has 0 spiro atoms. The van der Waals surface area contributed by atoms with E-state index in [1.54, 1.807) is 19.2 Å². The van der Waals surface area contributed by atoms with Crippen molar-refractivity contribution >= 4 is 5.82 Å². The molecule has 0 amide bonds. The number of anilines is 1. The Morgan fingerprint density at radius 1 is 1.06 bits per heavy atom. The minimum atomic E-state index is -0.217. The van der Waals surface area contributed by atoms with Crippen LogP contribution in [0.25, 0.3) is 0 Å². The van der Waals surface area contributed by atoms with E-state index >= 15 is 0 Å².